The van der Waals surface area contributed by atoms with Crippen LogP contribution < -0.4 is 16.0 Å². The van der Waals surface area contributed by atoms with Gasteiger partial charge in [0.25, 0.3) is 0 Å². The van der Waals surface area contributed by atoms with Crippen LogP contribution in [0.5, 0.6) is 0 Å². The monoisotopic (exact) mass is 466 g/mol. The highest BCUT2D eigenvalue weighted by Gasteiger charge is 2.47. The molecule has 3 rings (SSSR count). The molecule has 0 saturated carbocycles. The lowest BCUT2D eigenvalue weighted by molar-refractivity contribution is -0.137. The van der Waals surface area contributed by atoms with Crippen LogP contribution in [0.2, 0.25) is 0 Å². The minimum absolute atomic E-state index is 0.305. The zero-order valence-corrected chi connectivity index (χ0v) is 20.7. The van der Waals surface area contributed by atoms with Crippen LogP contribution in [0, 0.1) is 0 Å². The number of benzene rings is 2. The minimum atomic E-state index is -1.86. The summed E-state index contributed by atoms with van der Waals surface area (Å²) in [6.45, 7) is 0. The van der Waals surface area contributed by atoms with E-state index < -0.39 is 13.2 Å². The molecular formula is C27H37N3O2P+. The summed E-state index contributed by atoms with van der Waals surface area (Å²) in [7, 11) is 0.0903. The molecule has 3 aromatic rings. The second-order valence-electron chi connectivity index (χ2n) is 8.78. The highest BCUT2D eigenvalue weighted by Crippen LogP contribution is 2.55. The second-order valence-corrected chi connectivity index (χ2v) is 12.3. The fraction of sp³-hybridized carbons (Fsp3) is 0.444. The van der Waals surface area contributed by atoms with Crippen molar-refractivity contribution in [3.05, 3.63) is 66.9 Å². The number of carbonyl (C=O) groups is 1. The minimum Gasteiger partial charge on any atom is -0.481 e. The number of aryl methyl sites for hydroxylation is 1. The van der Waals surface area contributed by atoms with E-state index in [0.29, 0.717) is 6.42 Å². The van der Waals surface area contributed by atoms with Crippen LogP contribution in [0.25, 0.3) is 0 Å². The molecule has 0 saturated heterocycles. The van der Waals surface area contributed by atoms with Gasteiger partial charge in [-0.15, -0.1) is 0 Å². The van der Waals surface area contributed by atoms with Gasteiger partial charge in [-0.3, -0.25) is 9.48 Å². The van der Waals surface area contributed by atoms with E-state index in [4.69, 9.17) is 5.11 Å². The Morgan fingerprint density at radius 3 is 1.73 bits per heavy atom. The number of unbranched alkanes of at least 4 members (excludes halogenated alkanes) is 8. The van der Waals surface area contributed by atoms with Gasteiger partial charge in [-0.05, 0) is 43.5 Å². The van der Waals surface area contributed by atoms with Crippen molar-refractivity contribution in [1.29, 1.82) is 0 Å². The zero-order valence-electron chi connectivity index (χ0n) is 19.8. The number of aromatic nitrogens is 3. The van der Waals surface area contributed by atoms with Crippen LogP contribution in [-0.2, 0) is 11.8 Å². The van der Waals surface area contributed by atoms with E-state index in [1.54, 1.807) is 0 Å². The van der Waals surface area contributed by atoms with Crippen LogP contribution in [0.15, 0.2) is 66.9 Å². The zero-order chi connectivity index (χ0) is 23.4. The van der Waals surface area contributed by atoms with Gasteiger partial charge in [0.05, 0.1) is 12.4 Å². The molecule has 0 radical (unpaired) electrons. The lowest BCUT2D eigenvalue weighted by Gasteiger charge is -2.25. The molecule has 0 unspecified atom stereocenters. The predicted molar refractivity (Wildman–Crippen MR) is 138 cm³/mol. The van der Waals surface area contributed by atoms with Gasteiger partial charge < -0.3 is 5.11 Å². The average Bonchev–Trinajstić information content (AvgIpc) is 3.27. The first kappa shape index (κ1) is 25.1. The molecule has 33 heavy (non-hydrogen) atoms. The number of hydrogen-bond acceptors (Lipinski definition) is 3. The third-order valence-corrected chi connectivity index (χ3v) is 10.6. The van der Waals surface area contributed by atoms with Crippen molar-refractivity contribution in [1.82, 2.24) is 15.0 Å². The normalized spacial score (nSPS) is 11.5. The molecule has 0 aliphatic rings. The Balaban J connectivity index is 1.60. The fourth-order valence-electron chi connectivity index (χ4n) is 4.52. The summed E-state index contributed by atoms with van der Waals surface area (Å²) in [4.78, 5) is 10.6. The third-order valence-electron chi connectivity index (χ3n) is 6.26. The number of carboxylic acids is 1. The standard InChI is InChI=1S/C27H36N3O2P/c1-30-23-26(28-29-30)33(24-17-11-9-12-18-24,25-19-13-10-14-20-25)22-16-8-6-4-2-3-5-7-15-21-27(31)32/h9-14,17-20,23H,2-8,15-16,21-22H2,1H3/p+1. The summed E-state index contributed by atoms with van der Waals surface area (Å²) in [6, 6.07) is 21.8. The van der Waals surface area contributed by atoms with E-state index in [1.165, 1.54) is 49.1 Å². The molecule has 0 spiro atoms. The Morgan fingerprint density at radius 1 is 0.788 bits per heavy atom. The van der Waals surface area contributed by atoms with Gasteiger partial charge in [-0.2, -0.15) is 0 Å². The van der Waals surface area contributed by atoms with Crippen molar-refractivity contribution >= 4 is 29.3 Å². The molecule has 0 atom stereocenters. The van der Waals surface area contributed by atoms with Crippen molar-refractivity contribution in [2.24, 2.45) is 7.05 Å². The summed E-state index contributed by atoms with van der Waals surface area (Å²) in [6.07, 6.45) is 13.9. The smallest absolute Gasteiger partial charge is 0.303 e. The van der Waals surface area contributed by atoms with Crippen LogP contribution in [0.4, 0.5) is 0 Å². The molecule has 1 aromatic heterocycles. The summed E-state index contributed by atoms with van der Waals surface area (Å²) < 4.78 is 1.83. The van der Waals surface area contributed by atoms with Gasteiger partial charge in [-0.25, -0.2) is 0 Å². The first-order chi connectivity index (χ1) is 16.1. The maximum Gasteiger partial charge on any atom is 0.303 e. The van der Waals surface area contributed by atoms with Crippen molar-refractivity contribution in [3.8, 4) is 0 Å². The van der Waals surface area contributed by atoms with Gasteiger partial charge in [0.2, 0.25) is 5.44 Å². The van der Waals surface area contributed by atoms with Crippen molar-refractivity contribution in [2.45, 2.75) is 64.2 Å². The number of carboxylic acid groups (broad SMARTS) is 1. The number of hydrogen-bond donors (Lipinski definition) is 1. The van der Waals surface area contributed by atoms with E-state index in [9.17, 15) is 4.79 Å². The van der Waals surface area contributed by atoms with Gasteiger partial charge in [0.15, 0.2) is 0 Å². The maximum absolute atomic E-state index is 10.6. The van der Waals surface area contributed by atoms with E-state index in [-0.39, 0.29) is 0 Å². The fourth-order valence-corrected chi connectivity index (χ4v) is 8.71. The molecule has 0 bridgehead atoms. The molecular weight excluding hydrogens is 429 g/mol. The summed E-state index contributed by atoms with van der Waals surface area (Å²) in [5, 5.41) is 20.4. The summed E-state index contributed by atoms with van der Waals surface area (Å²) in [5.41, 5.74) is 1.11. The Bertz CT molecular complexity index is 920. The van der Waals surface area contributed by atoms with Crippen LogP contribution >= 0.6 is 7.26 Å². The molecule has 6 heteroatoms. The highest BCUT2D eigenvalue weighted by atomic mass is 31.2. The van der Waals surface area contributed by atoms with Crippen molar-refractivity contribution < 1.29 is 9.90 Å². The predicted octanol–water partition coefficient (Wildman–Crippen LogP) is 5.09. The SMILES string of the molecule is Cn1cc([P+](CCCCCCCCCCCC(=O)O)(c2ccccc2)c2ccccc2)nn1. The van der Waals surface area contributed by atoms with E-state index >= 15 is 0 Å². The van der Waals surface area contributed by atoms with Crippen LogP contribution in [-0.4, -0.2) is 32.2 Å². The molecule has 2 aromatic carbocycles. The van der Waals surface area contributed by atoms with Crippen molar-refractivity contribution in [3.63, 3.8) is 0 Å². The molecule has 1 heterocycles. The number of aliphatic carboxylic acids is 1. The van der Waals surface area contributed by atoms with Crippen LogP contribution in [0.1, 0.15) is 64.2 Å². The molecule has 5 nitrogen and oxygen atoms in total. The Kier molecular flexibility index (Phi) is 10.1. The number of nitrogens with zero attached hydrogens (tertiary/aromatic N) is 3. The van der Waals surface area contributed by atoms with Crippen molar-refractivity contribution in [2.75, 3.05) is 6.16 Å². The Labute approximate surface area is 198 Å². The molecule has 0 aliphatic carbocycles. The molecule has 0 aliphatic heterocycles. The maximum atomic E-state index is 10.6. The van der Waals surface area contributed by atoms with E-state index in [0.717, 1.165) is 30.9 Å². The van der Waals surface area contributed by atoms with Gasteiger partial charge >= 0.3 is 5.97 Å². The third kappa shape index (κ3) is 7.23. The lowest BCUT2D eigenvalue weighted by atomic mass is 10.1. The lowest BCUT2D eigenvalue weighted by Crippen LogP contribution is -2.34. The van der Waals surface area contributed by atoms with Gasteiger partial charge in [-0.1, -0.05) is 85.2 Å². The van der Waals surface area contributed by atoms with Crippen LogP contribution in [0.3, 0.4) is 0 Å². The van der Waals surface area contributed by atoms with E-state index in [1.807, 2.05) is 11.7 Å². The molecule has 0 amide bonds. The topological polar surface area (TPSA) is 68.0 Å². The summed E-state index contributed by atoms with van der Waals surface area (Å²) in [5.74, 6) is -0.679. The largest absolute Gasteiger partial charge is 0.481 e. The number of rotatable bonds is 15. The molecule has 176 valence electrons. The molecule has 1 N–H and O–H groups in total. The van der Waals surface area contributed by atoms with Gasteiger partial charge in [0, 0.05) is 13.5 Å². The Morgan fingerprint density at radius 2 is 1.27 bits per heavy atom. The van der Waals surface area contributed by atoms with Gasteiger partial charge in [0.1, 0.15) is 17.9 Å². The summed E-state index contributed by atoms with van der Waals surface area (Å²) >= 11 is 0. The van der Waals surface area contributed by atoms with E-state index in [2.05, 4.69) is 77.2 Å². The average molecular weight is 467 g/mol. The molecule has 0 fully saturated rings. The second kappa shape index (κ2) is 13.3. The quantitative estimate of drug-likeness (QED) is 0.250. The first-order valence-corrected chi connectivity index (χ1v) is 14.2. The Hall–Kier alpha value is -2.52. The first-order valence-electron chi connectivity index (χ1n) is 12.2. The highest BCUT2D eigenvalue weighted by molar-refractivity contribution is 7.95.